The maximum absolute atomic E-state index is 13.9. The fourth-order valence-corrected chi connectivity index (χ4v) is 2.62. The van der Waals surface area contributed by atoms with Crippen LogP contribution in [-0.2, 0) is 9.59 Å². The Kier molecular flexibility index (Phi) is 4.98. The number of primary amides is 1. The van der Waals surface area contributed by atoms with Gasteiger partial charge < -0.3 is 11.1 Å². The van der Waals surface area contributed by atoms with Crippen molar-refractivity contribution in [2.75, 3.05) is 10.3 Å². The molecule has 2 aromatic carbocycles. The van der Waals surface area contributed by atoms with Gasteiger partial charge in [-0.15, -0.1) is 0 Å². The summed E-state index contributed by atoms with van der Waals surface area (Å²) in [6.45, 7) is 0. The van der Waals surface area contributed by atoms with Crippen molar-refractivity contribution in [3.05, 3.63) is 64.2 Å². The number of non-ortho nitro benzene ring substituents is 1. The summed E-state index contributed by atoms with van der Waals surface area (Å²) in [5, 5.41) is 18.2. The van der Waals surface area contributed by atoms with E-state index in [4.69, 9.17) is 5.73 Å². The number of halogens is 2. The Balaban J connectivity index is 1.86. The fraction of sp³-hybridized carbons (Fsp3) is 0.118. The van der Waals surface area contributed by atoms with Gasteiger partial charge in [-0.05, 0) is 30.3 Å². The number of amides is 2. The molecule has 0 fully saturated rings. The normalized spacial score (nSPS) is 15.9. The first-order valence-corrected chi connectivity index (χ1v) is 7.93. The summed E-state index contributed by atoms with van der Waals surface area (Å²) in [4.78, 5) is 34.2. The van der Waals surface area contributed by atoms with Crippen LogP contribution < -0.4 is 16.1 Å². The van der Waals surface area contributed by atoms with Gasteiger partial charge in [0.1, 0.15) is 23.4 Å². The van der Waals surface area contributed by atoms with Crippen LogP contribution in [0, 0.1) is 21.7 Å². The number of hydrogen-bond acceptors (Lipinski definition) is 6. The molecule has 2 aromatic rings. The zero-order valence-corrected chi connectivity index (χ0v) is 14.1. The monoisotopic (exact) mass is 389 g/mol. The van der Waals surface area contributed by atoms with Gasteiger partial charge in [0.25, 0.3) is 11.6 Å². The maximum Gasteiger partial charge on any atom is 0.272 e. The van der Waals surface area contributed by atoms with Crippen LogP contribution in [0.1, 0.15) is 6.42 Å². The second-order valence-corrected chi connectivity index (χ2v) is 5.87. The number of anilines is 2. The van der Waals surface area contributed by atoms with E-state index in [1.165, 1.54) is 17.1 Å². The molecule has 1 unspecified atom stereocenters. The summed E-state index contributed by atoms with van der Waals surface area (Å²) in [5.41, 5.74) is 4.73. The van der Waals surface area contributed by atoms with Gasteiger partial charge in [0.05, 0.1) is 16.3 Å². The molecule has 0 aliphatic carbocycles. The molecular formula is C17H13F2N5O4. The van der Waals surface area contributed by atoms with Crippen LogP contribution in [0.15, 0.2) is 47.6 Å². The number of rotatable bonds is 5. The number of carbonyl (C=O) groups excluding carboxylic acids is 2. The zero-order chi connectivity index (χ0) is 20.4. The molecular weight excluding hydrogens is 376 g/mol. The molecule has 1 aliphatic heterocycles. The summed E-state index contributed by atoms with van der Waals surface area (Å²) in [5.74, 6) is -2.99. The second kappa shape index (κ2) is 7.39. The summed E-state index contributed by atoms with van der Waals surface area (Å²) in [6.07, 6.45) is -0.172. The molecule has 1 atom stereocenters. The van der Waals surface area contributed by atoms with E-state index in [2.05, 4.69) is 10.4 Å². The van der Waals surface area contributed by atoms with Crippen molar-refractivity contribution in [2.45, 2.75) is 12.5 Å². The van der Waals surface area contributed by atoms with Crippen molar-refractivity contribution in [1.29, 1.82) is 0 Å². The smallest absolute Gasteiger partial charge is 0.272 e. The number of carbonyl (C=O) groups is 2. The van der Waals surface area contributed by atoms with E-state index < -0.39 is 45.8 Å². The van der Waals surface area contributed by atoms with Gasteiger partial charge >= 0.3 is 0 Å². The average molecular weight is 389 g/mol. The first kappa shape index (κ1) is 18.9. The zero-order valence-electron chi connectivity index (χ0n) is 14.1. The summed E-state index contributed by atoms with van der Waals surface area (Å²) >= 11 is 0. The molecule has 3 N–H and O–H groups in total. The van der Waals surface area contributed by atoms with Crippen molar-refractivity contribution in [3.8, 4) is 0 Å². The van der Waals surface area contributed by atoms with Crippen molar-refractivity contribution < 1.29 is 23.3 Å². The molecule has 0 bridgehead atoms. The number of benzene rings is 2. The van der Waals surface area contributed by atoms with E-state index >= 15 is 0 Å². The highest BCUT2D eigenvalue weighted by Crippen LogP contribution is 2.26. The lowest BCUT2D eigenvalue weighted by atomic mass is 10.1. The Morgan fingerprint density at radius 3 is 2.50 bits per heavy atom. The van der Waals surface area contributed by atoms with E-state index in [-0.39, 0.29) is 12.1 Å². The fourth-order valence-electron chi connectivity index (χ4n) is 2.62. The van der Waals surface area contributed by atoms with Gasteiger partial charge in [-0.3, -0.25) is 24.7 Å². The number of nitrogens with zero attached hydrogens (tertiary/aromatic N) is 3. The van der Waals surface area contributed by atoms with Crippen LogP contribution >= 0.6 is 0 Å². The Morgan fingerprint density at radius 2 is 1.89 bits per heavy atom. The number of nitro groups is 1. The molecule has 2 amide bonds. The molecule has 0 saturated carbocycles. The molecule has 11 heteroatoms. The third-order valence-corrected chi connectivity index (χ3v) is 4.00. The van der Waals surface area contributed by atoms with Crippen LogP contribution in [0.2, 0.25) is 0 Å². The number of nitro benzene ring substituents is 1. The molecule has 28 heavy (non-hydrogen) atoms. The number of hydrogen-bond donors (Lipinski definition) is 2. The number of hydrazone groups is 1. The van der Waals surface area contributed by atoms with Crippen LogP contribution in [0.4, 0.5) is 25.8 Å². The van der Waals surface area contributed by atoms with Gasteiger partial charge in [-0.1, -0.05) is 0 Å². The standard InChI is InChI=1S/C17H13F2N5O4/c18-9-1-3-10(4-2-9)23-15(16(20)25)8-14(22-23)17(26)21-13-7-11(24(27)28)5-6-12(13)19/h1-7,15H,8H2,(H2,20,25)(H,21,26). The molecule has 3 rings (SSSR count). The largest absolute Gasteiger partial charge is 0.368 e. The van der Waals surface area contributed by atoms with Gasteiger partial charge in [-0.25, -0.2) is 8.78 Å². The van der Waals surface area contributed by atoms with Crippen molar-refractivity contribution in [1.82, 2.24) is 0 Å². The first-order chi connectivity index (χ1) is 13.3. The minimum atomic E-state index is -0.999. The number of nitrogens with one attached hydrogen (secondary N) is 1. The van der Waals surface area contributed by atoms with Gasteiger partial charge in [0.2, 0.25) is 5.91 Å². The third-order valence-electron chi connectivity index (χ3n) is 4.00. The predicted molar refractivity (Wildman–Crippen MR) is 95.6 cm³/mol. The first-order valence-electron chi connectivity index (χ1n) is 7.93. The van der Waals surface area contributed by atoms with E-state index in [9.17, 15) is 28.5 Å². The van der Waals surface area contributed by atoms with E-state index in [0.29, 0.717) is 5.69 Å². The molecule has 9 nitrogen and oxygen atoms in total. The van der Waals surface area contributed by atoms with E-state index in [0.717, 1.165) is 30.3 Å². The number of nitrogens with two attached hydrogens (primary N) is 1. The van der Waals surface area contributed by atoms with Crippen molar-refractivity contribution in [2.24, 2.45) is 10.8 Å². The van der Waals surface area contributed by atoms with Crippen molar-refractivity contribution in [3.63, 3.8) is 0 Å². The third kappa shape index (κ3) is 3.77. The van der Waals surface area contributed by atoms with Gasteiger partial charge in [0, 0.05) is 18.6 Å². The Labute approximate surface area is 156 Å². The van der Waals surface area contributed by atoms with E-state index in [1.807, 2.05) is 0 Å². The summed E-state index contributed by atoms with van der Waals surface area (Å²) in [7, 11) is 0. The lowest BCUT2D eigenvalue weighted by Gasteiger charge is -2.20. The van der Waals surface area contributed by atoms with Crippen molar-refractivity contribution >= 4 is 34.6 Å². The summed E-state index contributed by atoms with van der Waals surface area (Å²) < 4.78 is 27.0. The molecule has 0 saturated heterocycles. The lowest BCUT2D eigenvalue weighted by Crippen LogP contribution is -2.39. The Hall–Kier alpha value is -3.89. The van der Waals surface area contributed by atoms with Crippen LogP contribution in [0.25, 0.3) is 0 Å². The molecule has 0 aromatic heterocycles. The van der Waals surface area contributed by atoms with Crippen LogP contribution in [0.5, 0.6) is 0 Å². The lowest BCUT2D eigenvalue weighted by molar-refractivity contribution is -0.384. The highest BCUT2D eigenvalue weighted by Gasteiger charge is 2.35. The maximum atomic E-state index is 13.9. The molecule has 144 valence electrons. The summed E-state index contributed by atoms with van der Waals surface area (Å²) in [6, 6.07) is 6.69. The SMILES string of the molecule is NC(=O)C1CC(C(=O)Nc2cc([N+](=O)[O-])ccc2F)=NN1c1ccc(F)cc1. The molecule has 1 heterocycles. The van der Waals surface area contributed by atoms with Gasteiger partial charge in [0.15, 0.2) is 0 Å². The highest BCUT2D eigenvalue weighted by atomic mass is 19.1. The Bertz CT molecular complexity index is 994. The highest BCUT2D eigenvalue weighted by molar-refractivity contribution is 6.44. The van der Waals surface area contributed by atoms with Crippen LogP contribution in [0.3, 0.4) is 0 Å². The molecule has 1 aliphatic rings. The van der Waals surface area contributed by atoms with Crippen LogP contribution in [-0.4, -0.2) is 28.5 Å². The van der Waals surface area contributed by atoms with Gasteiger partial charge in [-0.2, -0.15) is 5.10 Å². The second-order valence-electron chi connectivity index (χ2n) is 5.87. The quantitative estimate of drug-likeness (QED) is 0.596. The Morgan fingerprint density at radius 1 is 1.21 bits per heavy atom. The minimum Gasteiger partial charge on any atom is -0.368 e. The predicted octanol–water partition coefficient (Wildman–Crippen LogP) is 1.93. The minimum absolute atomic E-state index is 0.140. The average Bonchev–Trinajstić information content (AvgIpc) is 3.10. The molecule has 0 spiro atoms. The topological polar surface area (TPSA) is 131 Å². The van der Waals surface area contributed by atoms with E-state index in [1.54, 1.807) is 0 Å². The molecule has 0 radical (unpaired) electrons.